The molecule has 1 atom stereocenters. The second kappa shape index (κ2) is 8.49. The van der Waals surface area contributed by atoms with E-state index in [1.165, 1.54) is 4.68 Å². The Kier molecular flexibility index (Phi) is 7.28. The third-order valence-electron chi connectivity index (χ3n) is 3.18. The second-order valence-corrected chi connectivity index (χ2v) is 5.68. The fourth-order valence-corrected chi connectivity index (χ4v) is 2.37. The maximum Gasteiger partial charge on any atom is 0.291 e. The van der Waals surface area contributed by atoms with Crippen molar-refractivity contribution in [2.45, 2.75) is 19.9 Å². The molecular formula is C14H18Cl3N5O. The number of aromatic nitrogens is 3. The molecular weight excluding hydrogens is 361 g/mol. The average molecular weight is 379 g/mol. The number of hydrogen-bond donors (Lipinski definition) is 2. The fraction of sp³-hybridized carbons (Fsp3) is 0.357. The van der Waals surface area contributed by atoms with Crippen molar-refractivity contribution in [3.8, 4) is 5.69 Å². The Morgan fingerprint density at radius 3 is 2.52 bits per heavy atom. The Morgan fingerprint density at radius 2 is 1.96 bits per heavy atom. The lowest BCUT2D eigenvalue weighted by molar-refractivity contribution is 0.0940. The summed E-state index contributed by atoms with van der Waals surface area (Å²) >= 11 is 12.3. The highest BCUT2D eigenvalue weighted by atomic mass is 35.5. The van der Waals surface area contributed by atoms with E-state index in [1.54, 1.807) is 25.1 Å². The maximum absolute atomic E-state index is 12.1. The van der Waals surface area contributed by atoms with Crippen LogP contribution in [0.15, 0.2) is 18.2 Å². The molecule has 23 heavy (non-hydrogen) atoms. The van der Waals surface area contributed by atoms with E-state index >= 15 is 0 Å². The molecule has 1 unspecified atom stereocenters. The highest BCUT2D eigenvalue weighted by Gasteiger charge is 2.18. The summed E-state index contributed by atoms with van der Waals surface area (Å²) in [6, 6.07) is 5.31. The van der Waals surface area contributed by atoms with E-state index in [1.807, 2.05) is 14.0 Å². The number of carbonyl (C=O) groups excluding carboxylic acids is 1. The number of likely N-dealkylation sites (N-methyl/N-ethyl adjacent to an activating group) is 1. The molecule has 2 N–H and O–H groups in total. The number of nitrogens with one attached hydrogen (secondary N) is 2. The van der Waals surface area contributed by atoms with Crippen LogP contribution in [0.1, 0.15) is 23.4 Å². The average Bonchev–Trinajstić information content (AvgIpc) is 2.86. The molecule has 0 saturated heterocycles. The van der Waals surface area contributed by atoms with Gasteiger partial charge in [-0.15, -0.1) is 17.5 Å². The van der Waals surface area contributed by atoms with E-state index in [0.717, 1.165) is 0 Å². The minimum atomic E-state index is -0.341. The number of nitrogens with zero attached hydrogens (tertiary/aromatic N) is 3. The molecule has 9 heteroatoms. The Hall–Kier alpha value is -1.34. The largest absolute Gasteiger partial charge is 0.348 e. The van der Waals surface area contributed by atoms with Gasteiger partial charge < -0.3 is 10.6 Å². The summed E-state index contributed by atoms with van der Waals surface area (Å²) in [6.45, 7) is 4.18. The number of halogens is 3. The van der Waals surface area contributed by atoms with Crippen molar-refractivity contribution in [3.63, 3.8) is 0 Å². The van der Waals surface area contributed by atoms with Gasteiger partial charge in [-0.25, -0.2) is 9.67 Å². The molecule has 1 aromatic carbocycles. The van der Waals surface area contributed by atoms with Crippen molar-refractivity contribution in [2.24, 2.45) is 0 Å². The lowest BCUT2D eigenvalue weighted by Gasteiger charge is -2.09. The van der Waals surface area contributed by atoms with E-state index in [4.69, 9.17) is 23.2 Å². The fourth-order valence-electron chi connectivity index (χ4n) is 1.82. The molecule has 0 bridgehead atoms. The van der Waals surface area contributed by atoms with Gasteiger partial charge >= 0.3 is 0 Å². The standard InChI is InChI=1S/C14H17Cl2N5O.ClH/c1-8(17-3)7-18-14(22)13-19-9(2)21(20-13)12-10(15)5-4-6-11(12)16;/h4-6,8,17H,7H2,1-3H3,(H,18,22);1H. The zero-order chi connectivity index (χ0) is 16.3. The Bertz CT molecular complexity index is 669. The number of benzene rings is 1. The minimum absolute atomic E-state index is 0. The van der Waals surface area contributed by atoms with E-state index in [9.17, 15) is 4.79 Å². The number of para-hydroxylation sites is 1. The van der Waals surface area contributed by atoms with Gasteiger partial charge in [-0.05, 0) is 33.0 Å². The quantitative estimate of drug-likeness (QED) is 0.839. The molecule has 1 amide bonds. The predicted molar refractivity (Wildman–Crippen MR) is 94.2 cm³/mol. The highest BCUT2D eigenvalue weighted by Crippen LogP contribution is 2.28. The van der Waals surface area contributed by atoms with Crippen LogP contribution in [0, 0.1) is 6.92 Å². The normalized spacial score (nSPS) is 11.7. The van der Waals surface area contributed by atoms with Gasteiger partial charge in [0, 0.05) is 12.6 Å². The summed E-state index contributed by atoms with van der Waals surface area (Å²) in [5.41, 5.74) is 0.512. The van der Waals surface area contributed by atoms with Gasteiger partial charge in [0.05, 0.1) is 10.0 Å². The van der Waals surface area contributed by atoms with Crippen molar-refractivity contribution in [2.75, 3.05) is 13.6 Å². The van der Waals surface area contributed by atoms with Crippen LogP contribution in [0.2, 0.25) is 10.0 Å². The summed E-state index contributed by atoms with van der Waals surface area (Å²) < 4.78 is 1.47. The van der Waals surface area contributed by atoms with E-state index in [-0.39, 0.29) is 30.2 Å². The van der Waals surface area contributed by atoms with Gasteiger partial charge in [-0.3, -0.25) is 4.79 Å². The van der Waals surface area contributed by atoms with Gasteiger partial charge in [0.2, 0.25) is 5.82 Å². The molecule has 0 spiro atoms. The first kappa shape index (κ1) is 19.7. The lowest BCUT2D eigenvalue weighted by Crippen LogP contribution is -2.37. The number of aryl methyl sites for hydroxylation is 1. The minimum Gasteiger partial charge on any atom is -0.348 e. The lowest BCUT2D eigenvalue weighted by atomic mass is 10.3. The molecule has 0 radical (unpaired) electrons. The monoisotopic (exact) mass is 377 g/mol. The van der Waals surface area contributed by atoms with E-state index in [0.29, 0.717) is 28.1 Å². The first-order chi connectivity index (χ1) is 10.4. The summed E-state index contributed by atoms with van der Waals surface area (Å²) in [7, 11) is 1.83. The first-order valence-electron chi connectivity index (χ1n) is 6.77. The van der Waals surface area contributed by atoms with Crippen molar-refractivity contribution in [1.29, 1.82) is 0 Å². The van der Waals surface area contributed by atoms with Crippen LogP contribution in [-0.2, 0) is 0 Å². The van der Waals surface area contributed by atoms with Crippen LogP contribution >= 0.6 is 35.6 Å². The molecule has 1 aromatic heterocycles. The van der Waals surface area contributed by atoms with Crippen molar-refractivity contribution in [3.05, 3.63) is 39.9 Å². The van der Waals surface area contributed by atoms with Gasteiger partial charge in [-0.1, -0.05) is 29.3 Å². The number of rotatable bonds is 5. The molecule has 0 aliphatic heterocycles. The van der Waals surface area contributed by atoms with Crippen LogP contribution in [-0.4, -0.2) is 40.3 Å². The Labute approximate surface area is 151 Å². The third-order valence-corrected chi connectivity index (χ3v) is 3.79. The first-order valence-corrected chi connectivity index (χ1v) is 7.53. The SMILES string of the molecule is CNC(C)CNC(=O)c1nc(C)n(-c2c(Cl)cccc2Cl)n1.Cl. The molecule has 0 saturated carbocycles. The van der Waals surface area contributed by atoms with Gasteiger partial charge in [0.1, 0.15) is 11.5 Å². The molecule has 0 fully saturated rings. The van der Waals surface area contributed by atoms with Crippen LogP contribution < -0.4 is 10.6 Å². The van der Waals surface area contributed by atoms with E-state index in [2.05, 4.69) is 20.7 Å². The van der Waals surface area contributed by atoms with Gasteiger partial charge in [-0.2, -0.15) is 0 Å². The van der Waals surface area contributed by atoms with Crippen molar-refractivity contribution < 1.29 is 4.79 Å². The number of amides is 1. The summed E-state index contributed by atoms with van der Waals surface area (Å²) in [5.74, 6) is 0.269. The Balaban J connectivity index is 0.00000264. The second-order valence-electron chi connectivity index (χ2n) is 4.86. The maximum atomic E-state index is 12.1. The summed E-state index contributed by atoms with van der Waals surface area (Å²) in [4.78, 5) is 16.3. The van der Waals surface area contributed by atoms with Crippen LogP contribution in [0.25, 0.3) is 5.69 Å². The third kappa shape index (κ3) is 4.57. The molecule has 6 nitrogen and oxygen atoms in total. The van der Waals surface area contributed by atoms with Crippen LogP contribution in [0.4, 0.5) is 0 Å². The van der Waals surface area contributed by atoms with E-state index < -0.39 is 0 Å². The molecule has 0 aliphatic carbocycles. The van der Waals surface area contributed by atoms with Crippen LogP contribution in [0.3, 0.4) is 0 Å². The Morgan fingerprint density at radius 1 is 1.35 bits per heavy atom. The smallest absolute Gasteiger partial charge is 0.291 e. The summed E-state index contributed by atoms with van der Waals surface area (Å²) in [6.07, 6.45) is 0. The number of hydrogen-bond acceptors (Lipinski definition) is 4. The van der Waals surface area contributed by atoms with Gasteiger partial charge in [0.25, 0.3) is 5.91 Å². The molecule has 2 aromatic rings. The van der Waals surface area contributed by atoms with Crippen molar-refractivity contribution in [1.82, 2.24) is 25.4 Å². The topological polar surface area (TPSA) is 71.8 Å². The zero-order valence-electron chi connectivity index (χ0n) is 12.9. The van der Waals surface area contributed by atoms with Gasteiger partial charge in [0.15, 0.2) is 0 Å². The zero-order valence-corrected chi connectivity index (χ0v) is 15.3. The molecule has 126 valence electrons. The highest BCUT2D eigenvalue weighted by molar-refractivity contribution is 6.37. The molecule has 1 heterocycles. The number of carbonyl (C=O) groups is 1. The summed E-state index contributed by atoms with van der Waals surface area (Å²) in [5, 5.41) is 10.9. The predicted octanol–water partition coefficient (Wildman–Crippen LogP) is 2.64. The molecule has 0 aliphatic rings. The van der Waals surface area contributed by atoms with Crippen LogP contribution in [0.5, 0.6) is 0 Å². The molecule has 2 rings (SSSR count). The van der Waals surface area contributed by atoms with Crippen molar-refractivity contribution >= 4 is 41.5 Å².